The molecule has 1 aromatic carbocycles. The van der Waals surface area contributed by atoms with Gasteiger partial charge in [0, 0.05) is 25.7 Å². The van der Waals surface area contributed by atoms with Crippen molar-refractivity contribution in [3.8, 4) is 0 Å². The van der Waals surface area contributed by atoms with E-state index in [9.17, 15) is 14.0 Å². The Morgan fingerprint density at radius 2 is 2.37 bits per heavy atom. The number of nitrogens with one attached hydrogen (secondary N) is 1. The van der Waals surface area contributed by atoms with Crippen molar-refractivity contribution < 1.29 is 18.7 Å². The number of hydrogen-bond donors (Lipinski definition) is 1. The van der Waals surface area contributed by atoms with Crippen molar-refractivity contribution >= 4 is 11.8 Å². The molecule has 0 saturated carbocycles. The zero-order valence-electron chi connectivity index (χ0n) is 10.6. The van der Waals surface area contributed by atoms with E-state index in [1.807, 2.05) is 0 Å². The van der Waals surface area contributed by atoms with Crippen LogP contribution in [0.25, 0.3) is 0 Å². The Morgan fingerprint density at radius 3 is 3.05 bits per heavy atom. The molecule has 1 fully saturated rings. The van der Waals surface area contributed by atoms with Gasteiger partial charge in [-0.15, -0.1) is 0 Å². The molecule has 1 saturated heterocycles. The maximum absolute atomic E-state index is 13.0. The summed E-state index contributed by atoms with van der Waals surface area (Å²) in [6.45, 7) is 0.742. The fourth-order valence-corrected chi connectivity index (χ4v) is 1.82. The van der Waals surface area contributed by atoms with Gasteiger partial charge in [-0.1, -0.05) is 6.07 Å². The van der Waals surface area contributed by atoms with Crippen LogP contribution in [0, 0.1) is 5.82 Å². The lowest BCUT2D eigenvalue weighted by molar-refractivity contribution is -0.146. The van der Waals surface area contributed by atoms with Crippen molar-refractivity contribution in [2.45, 2.75) is 6.10 Å². The second-order valence-electron chi connectivity index (χ2n) is 4.43. The van der Waals surface area contributed by atoms with Crippen LogP contribution in [0.2, 0.25) is 0 Å². The van der Waals surface area contributed by atoms with Crippen molar-refractivity contribution in [3.05, 3.63) is 35.6 Å². The summed E-state index contributed by atoms with van der Waals surface area (Å²) < 4.78 is 18.3. The smallest absolute Gasteiger partial charge is 0.251 e. The molecular weight excluding hydrogens is 251 g/mol. The molecule has 19 heavy (non-hydrogen) atoms. The van der Waals surface area contributed by atoms with Gasteiger partial charge >= 0.3 is 0 Å². The summed E-state index contributed by atoms with van der Waals surface area (Å²) in [6, 6.07) is 5.47. The second-order valence-corrected chi connectivity index (χ2v) is 4.43. The Balaban J connectivity index is 1.85. The maximum Gasteiger partial charge on any atom is 0.251 e. The number of amides is 2. The van der Waals surface area contributed by atoms with E-state index in [0.29, 0.717) is 6.54 Å². The average molecular weight is 266 g/mol. The van der Waals surface area contributed by atoms with E-state index in [2.05, 4.69) is 5.32 Å². The number of halogens is 1. The number of benzene rings is 1. The highest BCUT2D eigenvalue weighted by atomic mass is 19.1. The Morgan fingerprint density at radius 1 is 1.58 bits per heavy atom. The normalized spacial score (nSPS) is 19.4. The summed E-state index contributed by atoms with van der Waals surface area (Å²) in [5.74, 6) is -0.887. The number of rotatable bonds is 3. The van der Waals surface area contributed by atoms with Crippen LogP contribution >= 0.6 is 0 Å². The molecular formula is C13H15FN2O3. The number of morpholine rings is 1. The topological polar surface area (TPSA) is 58.6 Å². The van der Waals surface area contributed by atoms with Gasteiger partial charge in [0.05, 0.1) is 6.10 Å². The zero-order valence-corrected chi connectivity index (χ0v) is 10.6. The molecule has 1 aliphatic heterocycles. The summed E-state index contributed by atoms with van der Waals surface area (Å²) in [5, 5.41) is 2.66. The molecule has 0 aromatic heterocycles. The van der Waals surface area contributed by atoms with Crippen molar-refractivity contribution in [1.29, 1.82) is 0 Å². The zero-order chi connectivity index (χ0) is 13.8. The van der Waals surface area contributed by atoms with Crippen molar-refractivity contribution in [2.75, 3.05) is 26.7 Å². The Bertz CT molecular complexity index is 493. The summed E-state index contributed by atoms with van der Waals surface area (Å²) in [4.78, 5) is 24.5. The van der Waals surface area contributed by atoms with Crippen LogP contribution in [0.1, 0.15) is 10.4 Å². The molecule has 1 heterocycles. The molecule has 1 aliphatic rings. The molecule has 1 N–H and O–H groups in total. The van der Waals surface area contributed by atoms with Gasteiger partial charge in [0.25, 0.3) is 5.91 Å². The SMILES string of the molecule is CN1CC(CNC(=O)c2cccc(F)c2)OCC1=O. The number of ether oxygens (including phenoxy) is 1. The monoisotopic (exact) mass is 266 g/mol. The predicted molar refractivity (Wildman–Crippen MR) is 66.1 cm³/mol. The van der Waals surface area contributed by atoms with Crippen LogP contribution in [0.4, 0.5) is 4.39 Å². The van der Waals surface area contributed by atoms with E-state index in [1.165, 1.54) is 24.3 Å². The first-order chi connectivity index (χ1) is 9.06. The lowest BCUT2D eigenvalue weighted by Gasteiger charge is -2.29. The molecule has 5 nitrogen and oxygen atoms in total. The average Bonchev–Trinajstić information content (AvgIpc) is 2.40. The van der Waals surface area contributed by atoms with Crippen molar-refractivity contribution in [2.24, 2.45) is 0 Å². The van der Waals surface area contributed by atoms with Gasteiger partial charge in [-0.25, -0.2) is 4.39 Å². The number of carbonyl (C=O) groups excluding carboxylic acids is 2. The van der Waals surface area contributed by atoms with Gasteiger partial charge in [0.1, 0.15) is 12.4 Å². The Kier molecular flexibility index (Phi) is 4.11. The third-order valence-corrected chi connectivity index (χ3v) is 2.92. The van der Waals surface area contributed by atoms with Crippen LogP contribution in [0.5, 0.6) is 0 Å². The first kappa shape index (κ1) is 13.5. The van der Waals surface area contributed by atoms with Gasteiger partial charge in [0.15, 0.2) is 0 Å². The molecule has 2 rings (SSSR count). The van der Waals surface area contributed by atoms with Crippen molar-refractivity contribution in [1.82, 2.24) is 10.2 Å². The third-order valence-electron chi connectivity index (χ3n) is 2.92. The minimum atomic E-state index is -0.452. The molecule has 0 aliphatic carbocycles. The number of likely N-dealkylation sites (N-methyl/N-ethyl adjacent to an activating group) is 1. The van der Waals surface area contributed by atoms with Crippen LogP contribution in [0.3, 0.4) is 0 Å². The van der Waals surface area contributed by atoms with Gasteiger partial charge in [-0.05, 0) is 18.2 Å². The summed E-state index contributed by atoms with van der Waals surface area (Å²) in [6.07, 6.45) is -0.236. The fourth-order valence-electron chi connectivity index (χ4n) is 1.82. The van der Waals surface area contributed by atoms with E-state index < -0.39 is 5.82 Å². The summed E-state index contributed by atoms with van der Waals surface area (Å²) in [5.41, 5.74) is 0.264. The lowest BCUT2D eigenvalue weighted by Crippen LogP contribution is -2.48. The first-order valence-corrected chi connectivity index (χ1v) is 5.95. The molecule has 0 spiro atoms. The molecule has 2 amide bonds. The minimum absolute atomic E-state index is 0.0248. The van der Waals surface area contributed by atoms with E-state index in [1.54, 1.807) is 11.9 Å². The van der Waals surface area contributed by atoms with Gasteiger partial charge in [-0.2, -0.15) is 0 Å². The Hall–Kier alpha value is -1.95. The van der Waals surface area contributed by atoms with Crippen LogP contribution in [-0.4, -0.2) is 49.6 Å². The van der Waals surface area contributed by atoms with Crippen molar-refractivity contribution in [3.63, 3.8) is 0 Å². The lowest BCUT2D eigenvalue weighted by atomic mass is 10.2. The minimum Gasteiger partial charge on any atom is -0.365 e. The number of hydrogen-bond acceptors (Lipinski definition) is 3. The first-order valence-electron chi connectivity index (χ1n) is 5.95. The largest absolute Gasteiger partial charge is 0.365 e. The summed E-state index contributed by atoms with van der Waals surface area (Å²) >= 11 is 0. The van der Waals surface area contributed by atoms with Crippen LogP contribution in [0.15, 0.2) is 24.3 Å². The maximum atomic E-state index is 13.0. The highest BCUT2D eigenvalue weighted by Gasteiger charge is 2.23. The quantitative estimate of drug-likeness (QED) is 0.862. The van der Waals surface area contributed by atoms with E-state index >= 15 is 0 Å². The fraction of sp³-hybridized carbons (Fsp3) is 0.385. The standard InChI is InChI=1S/C13H15FN2O3/c1-16-7-11(19-8-12(16)17)6-15-13(18)9-3-2-4-10(14)5-9/h2-5,11H,6-8H2,1H3,(H,15,18). The summed E-state index contributed by atoms with van der Waals surface area (Å²) in [7, 11) is 1.69. The number of nitrogens with zero attached hydrogens (tertiary/aromatic N) is 1. The van der Waals surface area contributed by atoms with Crippen LogP contribution in [-0.2, 0) is 9.53 Å². The molecule has 0 bridgehead atoms. The van der Waals surface area contributed by atoms with Crippen LogP contribution < -0.4 is 5.32 Å². The van der Waals surface area contributed by atoms with E-state index in [4.69, 9.17) is 4.74 Å². The molecule has 0 radical (unpaired) electrons. The molecule has 6 heteroatoms. The van der Waals surface area contributed by atoms with Gasteiger partial charge < -0.3 is 15.0 Å². The van der Waals surface area contributed by atoms with E-state index in [0.717, 1.165) is 0 Å². The Labute approximate surface area is 110 Å². The number of carbonyl (C=O) groups is 2. The highest BCUT2D eigenvalue weighted by Crippen LogP contribution is 2.05. The highest BCUT2D eigenvalue weighted by molar-refractivity contribution is 5.94. The molecule has 1 unspecified atom stereocenters. The molecule has 1 atom stereocenters. The predicted octanol–water partition coefficient (Wildman–Crippen LogP) is 0.413. The third kappa shape index (κ3) is 3.51. The molecule has 102 valence electrons. The second kappa shape index (κ2) is 5.79. The van der Waals surface area contributed by atoms with Gasteiger partial charge in [-0.3, -0.25) is 9.59 Å². The van der Waals surface area contributed by atoms with Gasteiger partial charge in [0.2, 0.25) is 5.91 Å². The van der Waals surface area contributed by atoms with E-state index in [-0.39, 0.29) is 36.6 Å². The molecule has 1 aromatic rings.